The number of carbonyl (C=O) groups is 1. The van der Waals surface area contributed by atoms with Crippen LogP contribution in [0.4, 0.5) is 4.79 Å². The fraction of sp³-hybridized carbons (Fsp3) is 0.750. The number of rotatable bonds is 2. The minimum absolute atomic E-state index is 0.803. The van der Waals surface area contributed by atoms with Crippen molar-refractivity contribution in [3.05, 3.63) is 4.91 Å². The Hall–Kier alpha value is -1.13. The van der Waals surface area contributed by atoms with E-state index in [4.69, 9.17) is 5.11 Å². The van der Waals surface area contributed by atoms with Crippen molar-refractivity contribution in [1.82, 2.24) is 4.90 Å². The quantitative estimate of drug-likeness (QED) is 0.562. The molecule has 0 aromatic heterocycles. The van der Waals surface area contributed by atoms with Gasteiger partial charge in [0.1, 0.15) is 0 Å². The minimum Gasteiger partial charge on any atom is -0.465 e. The first-order chi connectivity index (χ1) is 4.09. The van der Waals surface area contributed by atoms with Crippen molar-refractivity contribution in [3.63, 3.8) is 0 Å². The van der Waals surface area contributed by atoms with Gasteiger partial charge in [0.05, 0.1) is 0 Å². The first-order valence-electron chi connectivity index (χ1n) is 2.37. The normalized spacial score (nSPS) is 12.2. The van der Waals surface area contributed by atoms with E-state index in [1.807, 2.05) is 0 Å². The van der Waals surface area contributed by atoms with Crippen molar-refractivity contribution in [2.45, 2.75) is 13.1 Å². The molecule has 0 spiro atoms. The van der Waals surface area contributed by atoms with Gasteiger partial charge in [0.15, 0.2) is 6.17 Å². The minimum atomic E-state index is -1.15. The van der Waals surface area contributed by atoms with Crippen molar-refractivity contribution < 1.29 is 9.90 Å². The molecule has 0 aromatic rings. The predicted octanol–water partition coefficient (Wildman–Crippen LogP) is 0.709. The van der Waals surface area contributed by atoms with E-state index < -0.39 is 12.3 Å². The highest BCUT2D eigenvalue weighted by atomic mass is 16.4. The molecule has 0 bridgehead atoms. The van der Waals surface area contributed by atoms with Crippen LogP contribution in [0.2, 0.25) is 0 Å². The second-order valence-corrected chi connectivity index (χ2v) is 1.63. The molecule has 0 saturated heterocycles. The standard InChI is InChI=1S/C4H8N2O3/c1-3(5-9)6(2)4(7)8/h3H,1-2H3,(H,7,8). The van der Waals surface area contributed by atoms with Crippen LogP contribution in [0.1, 0.15) is 6.92 Å². The van der Waals surface area contributed by atoms with Gasteiger partial charge in [0, 0.05) is 7.05 Å². The number of nitrogens with zero attached hydrogens (tertiary/aromatic N) is 2. The monoisotopic (exact) mass is 132 g/mol. The third-order valence-electron chi connectivity index (χ3n) is 1.01. The molecule has 1 atom stereocenters. The summed E-state index contributed by atoms with van der Waals surface area (Å²) >= 11 is 0. The summed E-state index contributed by atoms with van der Waals surface area (Å²) in [6.45, 7) is 1.40. The summed E-state index contributed by atoms with van der Waals surface area (Å²) in [6.07, 6.45) is -1.95. The van der Waals surface area contributed by atoms with E-state index in [0.29, 0.717) is 0 Å². The van der Waals surface area contributed by atoms with E-state index >= 15 is 0 Å². The van der Waals surface area contributed by atoms with Crippen molar-refractivity contribution in [2.24, 2.45) is 5.18 Å². The van der Waals surface area contributed by atoms with Gasteiger partial charge in [-0.1, -0.05) is 0 Å². The van der Waals surface area contributed by atoms with Gasteiger partial charge >= 0.3 is 6.09 Å². The molecule has 1 unspecified atom stereocenters. The topological polar surface area (TPSA) is 70.0 Å². The van der Waals surface area contributed by atoms with Gasteiger partial charge in [-0.25, -0.2) is 4.79 Å². The van der Waals surface area contributed by atoms with Crippen LogP contribution in [-0.4, -0.2) is 29.3 Å². The Kier molecular flexibility index (Phi) is 2.63. The second kappa shape index (κ2) is 3.01. The van der Waals surface area contributed by atoms with E-state index in [0.717, 1.165) is 4.90 Å². The van der Waals surface area contributed by atoms with Crippen LogP contribution in [0.25, 0.3) is 0 Å². The van der Waals surface area contributed by atoms with Crippen LogP contribution in [0.15, 0.2) is 5.18 Å². The van der Waals surface area contributed by atoms with Gasteiger partial charge in [-0.3, -0.25) is 4.90 Å². The first-order valence-corrected chi connectivity index (χ1v) is 2.37. The zero-order chi connectivity index (χ0) is 7.44. The van der Waals surface area contributed by atoms with Crippen LogP contribution < -0.4 is 0 Å². The van der Waals surface area contributed by atoms with E-state index in [1.165, 1.54) is 14.0 Å². The zero-order valence-electron chi connectivity index (χ0n) is 5.24. The third-order valence-corrected chi connectivity index (χ3v) is 1.01. The van der Waals surface area contributed by atoms with E-state index in [-0.39, 0.29) is 0 Å². The van der Waals surface area contributed by atoms with Crippen LogP contribution in [0.3, 0.4) is 0 Å². The van der Waals surface area contributed by atoms with E-state index in [1.54, 1.807) is 0 Å². The highest BCUT2D eigenvalue weighted by Gasteiger charge is 2.12. The molecular weight excluding hydrogens is 124 g/mol. The smallest absolute Gasteiger partial charge is 0.408 e. The summed E-state index contributed by atoms with van der Waals surface area (Å²) < 4.78 is 0. The first kappa shape index (κ1) is 7.87. The summed E-state index contributed by atoms with van der Waals surface area (Å²) in [5, 5.41) is 10.7. The Morgan fingerprint density at radius 2 is 2.22 bits per heavy atom. The van der Waals surface area contributed by atoms with Crippen LogP contribution >= 0.6 is 0 Å². The molecule has 0 aliphatic rings. The number of nitroso groups, excluding NO2 is 1. The largest absolute Gasteiger partial charge is 0.465 e. The van der Waals surface area contributed by atoms with Crippen molar-refractivity contribution >= 4 is 6.09 Å². The van der Waals surface area contributed by atoms with Gasteiger partial charge in [-0.15, -0.1) is 4.91 Å². The van der Waals surface area contributed by atoms with E-state index in [2.05, 4.69) is 5.18 Å². The predicted molar refractivity (Wildman–Crippen MR) is 31.0 cm³/mol. The molecule has 0 radical (unpaired) electrons. The molecular formula is C4H8N2O3. The maximum absolute atomic E-state index is 10.0. The fourth-order valence-corrected chi connectivity index (χ4v) is 0.231. The molecule has 9 heavy (non-hydrogen) atoms. The lowest BCUT2D eigenvalue weighted by Crippen LogP contribution is -2.31. The highest BCUT2D eigenvalue weighted by molar-refractivity contribution is 5.64. The van der Waals surface area contributed by atoms with Crippen LogP contribution in [-0.2, 0) is 0 Å². The Morgan fingerprint density at radius 3 is 2.33 bits per heavy atom. The molecule has 5 heteroatoms. The van der Waals surface area contributed by atoms with Crippen molar-refractivity contribution in [1.29, 1.82) is 0 Å². The van der Waals surface area contributed by atoms with Crippen molar-refractivity contribution in [3.8, 4) is 0 Å². The molecule has 0 aliphatic heterocycles. The van der Waals surface area contributed by atoms with Crippen LogP contribution in [0.5, 0.6) is 0 Å². The Labute approximate surface area is 52.2 Å². The Balaban J connectivity index is 3.86. The molecule has 0 fully saturated rings. The van der Waals surface area contributed by atoms with Gasteiger partial charge in [-0.05, 0) is 12.1 Å². The average molecular weight is 132 g/mol. The molecule has 0 heterocycles. The fourth-order valence-electron chi connectivity index (χ4n) is 0.231. The molecule has 5 nitrogen and oxygen atoms in total. The molecule has 0 rings (SSSR count). The molecule has 0 aliphatic carbocycles. The Bertz CT molecular complexity index is 125. The summed E-state index contributed by atoms with van der Waals surface area (Å²) in [7, 11) is 1.29. The van der Waals surface area contributed by atoms with Gasteiger partial charge in [0.2, 0.25) is 0 Å². The van der Waals surface area contributed by atoms with Crippen LogP contribution in [0, 0.1) is 4.91 Å². The maximum Gasteiger partial charge on any atom is 0.408 e. The summed E-state index contributed by atoms with van der Waals surface area (Å²) in [5.74, 6) is 0. The van der Waals surface area contributed by atoms with E-state index in [9.17, 15) is 9.70 Å². The number of hydrogen-bond acceptors (Lipinski definition) is 3. The third kappa shape index (κ3) is 2.07. The van der Waals surface area contributed by atoms with Gasteiger partial charge < -0.3 is 5.11 Å². The SMILES string of the molecule is CC(N=O)N(C)C(=O)O. The molecule has 0 aromatic carbocycles. The average Bonchev–Trinajstić information content (AvgIpc) is 1.84. The molecule has 1 N–H and O–H groups in total. The highest BCUT2D eigenvalue weighted by Crippen LogP contribution is 1.94. The lowest BCUT2D eigenvalue weighted by atomic mass is 10.5. The number of carboxylic acid groups (broad SMARTS) is 1. The van der Waals surface area contributed by atoms with Crippen molar-refractivity contribution in [2.75, 3.05) is 7.05 Å². The Morgan fingerprint density at radius 1 is 1.78 bits per heavy atom. The lowest BCUT2D eigenvalue weighted by molar-refractivity contribution is 0.143. The molecule has 1 amide bonds. The maximum atomic E-state index is 10.0. The van der Waals surface area contributed by atoms with Gasteiger partial charge in [0.25, 0.3) is 0 Å². The zero-order valence-corrected chi connectivity index (χ0v) is 5.24. The lowest BCUT2D eigenvalue weighted by Gasteiger charge is -2.13. The number of amides is 1. The summed E-state index contributed by atoms with van der Waals surface area (Å²) in [6, 6.07) is 0. The summed E-state index contributed by atoms with van der Waals surface area (Å²) in [4.78, 5) is 20.5. The second-order valence-electron chi connectivity index (χ2n) is 1.63. The summed E-state index contributed by atoms with van der Waals surface area (Å²) in [5.41, 5.74) is 0. The number of hydrogen-bond donors (Lipinski definition) is 1. The molecule has 52 valence electrons. The van der Waals surface area contributed by atoms with Gasteiger partial charge in [-0.2, -0.15) is 0 Å². The molecule has 0 saturated carbocycles.